The molecule has 6 heteroatoms. The Morgan fingerprint density at radius 2 is 1.87 bits per heavy atom. The number of cyclic esters (lactones) is 1. The third kappa shape index (κ3) is 3.63. The van der Waals surface area contributed by atoms with Crippen molar-refractivity contribution in [3.05, 3.63) is 60.3 Å². The van der Waals surface area contributed by atoms with Gasteiger partial charge in [-0.1, -0.05) is 18.2 Å². The number of amides is 1. The number of carbonyl (C=O) groups excluding carboxylic acids is 1. The quantitative estimate of drug-likeness (QED) is 0.684. The number of benzene rings is 2. The molecule has 2 fully saturated rings. The number of carbonyl (C=O) groups is 1. The van der Waals surface area contributed by atoms with Gasteiger partial charge < -0.3 is 14.5 Å². The number of nitrogens with one attached hydrogen (secondary N) is 1. The number of H-pyrrole nitrogens is 1. The number of aromatic amines is 1. The third-order valence-electron chi connectivity index (χ3n) is 6.37. The minimum absolute atomic E-state index is 0.0933. The standard InChI is InChI=1S/C24H27N3O3/c1-29-19-8-6-18(7-9-19)27-16-20(30-24(27)28)15-26-12-10-17(11-13-26)22-14-25-23-5-3-2-4-21(22)23/h2-9,14,17,20,25H,10-13,15-16H2,1H3. The number of ether oxygens (including phenoxy) is 2. The number of likely N-dealkylation sites (tertiary alicyclic amines) is 1. The molecule has 0 spiro atoms. The minimum atomic E-state index is -0.265. The van der Waals surface area contributed by atoms with E-state index in [0.717, 1.165) is 43.9 Å². The van der Waals surface area contributed by atoms with E-state index < -0.39 is 0 Å². The number of para-hydroxylation sites is 1. The molecular weight excluding hydrogens is 378 g/mol. The molecule has 2 aromatic carbocycles. The van der Waals surface area contributed by atoms with Gasteiger partial charge in [-0.3, -0.25) is 9.80 Å². The van der Waals surface area contributed by atoms with E-state index in [1.54, 1.807) is 12.0 Å². The number of piperidine rings is 1. The van der Waals surface area contributed by atoms with E-state index in [-0.39, 0.29) is 12.2 Å². The van der Waals surface area contributed by atoms with E-state index in [9.17, 15) is 4.79 Å². The number of fused-ring (bicyclic) bond motifs is 1. The number of nitrogens with zero attached hydrogens (tertiary/aromatic N) is 2. The largest absolute Gasteiger partial charge is 0.497 e. The van der Waals surface area contributed by atoms with Crippen molar-refractivity contribution in [1.82, 2.24) is 9.88 Å². The van der Waals surface area contributed by atoms with Crippen molar-refractivity contribution in [1.29, 1.82) is 0 Å². The van der Waals surface area contributed by atoms with Crippen LogP contribution in [0.5, 0.6) is 5.75 Å². The predicted molar refractivity (Wildman–Crippen MR) is 117 cm³/mol. The van der Waals surface area contributed by atoms with E-state index in [2.05, 4.69) is 40.3 Å². The van der Waals surface area contributed by atoms with Gasteiger partial charge in [0, 0.05) is 29.3 Å². The van der Waals surface area contributed by atoms with Crippen LogP contribution in [0.3, 0.4) is 0 Å². The van der Waals surface area contributed by atoms with Crippen molar-refractivity contribution < 1.29 is 14.3 Å². The molecule has 0 aliphatic carbocycles. The van der Waals surface area contributed by atoms with Crippen LogP contribution in [0, 0.1) is 0 Å². The van der Waals surface area contributed by atoms with Crippen LogP contribution in [0.15, 0.2) is 54.7 Å². The lowest BCUT2D eigenvalue weighted by Gasteiger charge is -2.32. The van der Waals surface area contributed by atoms with E-state index in [4.69, 9.17) is 9.47 Å². The van der Waals surface area contributed by atoms with Crippen molar-refractivity contribution in [2.45, 2.75) is 24.9 Å². The highest BCUT2D eigenvalue weighted by atomic mass is 16.6. The monoisotopic (exact) mass is 405 g/mol. The van der Waals surface area contributed by atoms with Crippen molar-refractivity contribution in [3.63, 3.8) is 0 Å². The highest BCUT2D eigenvalue weighted by molar-refractivity contribution is 5.89. The fraction of sp³-hybridized carbons (Fsp3) is 0.375. The summed E-state index contributed by atoms with van der Waals surface area (Å²) in [7, 11) is 1.64. The smallest absolute Gasteiger partial charge is 0.414 e. The molecule has 156 valence electrons. The maximum absolute atomic E-state index is 12.4. The molecule has 3 aromatic rings. The molecule has 2 aliphatic heterocycles. The van der Waals surface area contributed by atoms with Crippen molar-refractivity contribution >= 4 is 22.7 Å². The molecule has 0 radical (unpaired) electrons. The number of rotatable bonds is 5. The van der Waals surface area contributed by atoms with Gasteiger partial charge in [-0.25, -0.2) is 4.79 Å². The number of aromatic nitrogens is 1. The van der Waals surface area contributed by atoms with Gasteiger partial charge in [0.1, 0.15) is 11.9 Å². The molecule has 3 heterocycles. The number of hydrogen-bond acceptors (Lipinski definition) is 4. The van der Waals surface area contributed by atoms with Gasteiger partial charge in [0.05, 0.1) is 13.7 Å². The molecule has 1 unspecified atom stereocenters. The Balaban J connectivity index is 1.17. The van der Waals surface area contributed by atoms with Crippen LogP contribution in [0.4, 0.5) is 10.5 Å². The highest BCUT2D eigenvalue weighted by Gasteiger charge is 2.34. The summed E-state index contributed by atoms with van der Waals surface area (Å²) in [6, 6.07) is 16.1. The normalized spacial score (nSPS) is 20.6. The maximum Gasteiger partial charge on any atom is 0.414 e. The molecule has 2 aliphatic rings. The summed E-state index contributed by atoms with van der Waals surface area (Å²) < 4.78 is 10.8. The lowest BCUT2D eigenvalue weighted by Crippen LogP contribution is -2.39. The van der Waals surface area contributed by atoms with Gasteiger partial charge >= 0.3 is 6.09 Å². The zero-order chi connectivity index (χ0) is 20.5. The Bertz CT molecular complexity index is 1020. The summed E-state index contributed by atoms with van der Waals surface area (Å²) in [5.74, 6) is 1.36. The molecule has 0 saturated carbocycles. The second-order valence-corrected chi connectivity index (χ2v) is 8.18. The van der Waals surface area contributed by atoms with Gasteiger partial charge in [-0.15, -0.1) is 0 Å². The van der Waals surface area contributed by atoms with Gasteiger partial charge in [0.2, 0.25) is 0 Å². The Morgan fingerprint density at radius 3 is 2.63 bits per heavy atom. The number of methoxy groups -OCH3 is 1. The maximum atomic E-state index is 12.4. The Morgan fingerprint density at radius 1 is 1.10 bits per heavy atom. The molecule has 30 heavy (non-hydrogen) atoms. The molecule has 6 nitrogen and oxygen atoms in total. The average Bonchev–Trinajstić information content (AvgIpc) is 3.38. The highest BCUT2D eigenvalue weighted by Crippen LogP contribution is 2.33. The predicted octanol–water partition coefficient (Wildman–Crippen LogP) is 4.38. The van der Waals surface area contributed by atoms with E-state index in [1.807, 2.05) is 24.3 Å². The van der Waals surface area contributed by atoms with Crippen LogP contribution < -0.4 is 9.64 Å². The third-order valence-corrected chi connectivity index (χ3v) is 6.37. The van der Waals surface area contributed by atoms with Gasteiger partial charge in [0.25, 0.3) is 0 Å². The summed E-state index contributed by atoms with van der Waals surface area (Å²) in [6.45, 7) is 3.44. The van der Waals surface area contributed by atoms with Crippen LogP contribution in [-0.2, 0) is 4.74 Å². The SMILES string of the molecule is COc1ccc(N2CC(CN3CCC(c4c[nH]c5ccccc45)CC3)OC2=O)cc1. The first kappa shape index (κ1) is 19.0. The summed E-state index contributed by atoms with van der Waals surface area (Å²) in [4.78, 5) is 19.9. The second-order valence-electron chi connectivity index (χ2n) is 8.18. The first-order valence-electron chi connectivity index (χ1n) is 10.6. The number of anilines is 1. The van der Waals surface area contributed by atoms with Crippen molar-refractivity contribution in [2.24, 2.45) is 0 Å². The van der Waals surface area contributed by atoms with E-state index in [1.165, 1.54) is 16.5 Å². The summed E-state index contributed by atoms with van der Waals surface area (Å²) in [5.41, 5.74) is 3.50. The second kappa shape index (κ2) is 8.03. The molecule has 1 N–H and O–H groups in total. The minimum Gasteiger partial charge on any atom is -0.497 e. The lowest BCUT2D eigenvalue weighted by atomic mass is 9.89. The fourth-order valence-electron chi connectivity index (χ4n) is 4.74. The van der Waals surface area contributed by atoms with Crippen LogP contribution in [0.1, 0.15) is 24.3 Å². The van der Waals surface area contributed by atoms with Crippen LogP contribution >= 0.6 is 0 Å². The zero-order valence-electron chi connectivity index (χ0n) is 17.2. The van der Waals surface area contributed by atoms with Crippen LogP contribution in [-0.4, -0.2) is 55.4 Å². The van der Waals surface area contributed by atoms with Crippen LogP contribution in [0.2, 0.25) is 0 Å². The Hall–Kier alpha value is -2.99. The zero-order valence-corrected chi connectivity index (χ0v) is 17.2. The van der Waals surface area contributed by atoms with E-state index >= 15 is 0 Å². The Kier molecular flexibility index (Phi) is 5.09. The number of hydrogen-bond donors (Lipinski definition) is 1. The fourth-order valence-corrected chi connectivity index (χ4v) is 4.74. The molecular formula is C24H27N3O3. The van der Waals surface area contributed by atoms with E-state index in [0.29, 0.717) is 12.5 Å². The average molecular weight is 405 g/mol. The molecule has 5 rings (SSSR count). The molecule has 1 atom stereocenters. The first-order chi connectivity index (χ1) is 14.7. The molecule has 1 amide bonds. The molecule has 0 bridgehead atoms. The molecule has 1 aromatic heterocycles. The summed E-state index contributed by atoms with van der Waals surface area (Å²) >= 11 is 0. The Labute approximate surface area is 176 Å². The van der Waals surface area contributed by atoms with Crippen molar-refractivity contribution in [2.75, 3.05) is 38.2 Å². The summed E-state index contributed by atoms with van der Waals surface area (Å²) in [5, 5.41) is 1.34. The van der Waals surface area contributed by atoms with Gasteiger partial charge in [0.15, 0.2) is 0 Å². The van der Waals surface area contributed by atoms with Gasteiger partial charge in [-0.2, -0.15) is 0 Å². The van der Waals surface area contributed by atoms with Crippen molar-refractivity contribution in [3.8, 4) is 5.75 Å². The summed E-state index contributed by atoms with van der Waals surface area (Å²) in [6.07, 6.45) is 4.08. The molecule has 2 saturated heterocycles. The first-order valence-corrected chi connectivity index (χ1v) is 10.6. The lowest BCUT2D eigenvalue weighted by molar-refractivity contribution is 0.0977. The topological polar surface area (TPSA) is 57.8 Å². The van der Waals surface area contributed by atoms with Gasteiger partial charge in [-0.05, 0) is 67.7 Å². The van der Waals surface area contributed by atoms with Crippen LogP contribution in [0.25, 0.3) is 10.9 Å².